The first-order chi connectivity index (χ1) is 9.45. The first kappa shape index (κ1) is 15.4. The van der Waals surface area contributed by atoms with Gasteiger partial charge in [-0.25, -0.2) is 4.98 Å². The summed E-state index contributed by atoms with van der Waals surface area (Å²) in [6.45, 7) is 2.65. The Bertz CT molecular complexity index is 481. The molecule has 1 saturated carbocycles. The van der Waals surface area contributed by atoms with Gasteiger partial charge in [0, 0.05) is 20.7 Å². The number of aromatic nitrogens is 1. The lowest BCUT2D eigenvalue weighted by Crippen LogP contribution is -2.42. The normalized spacial score (nSPS) is 17.4. The molecule has 5 nitrogen and oxygen atoms in total. The number of ether oxygens (including phenoxy) is 1. The van der Waals surface area contributed by atoms with E-state index in [0.29, 0.717) is 18.0 Å². The smallest absolute Gasteiger partial charge is 0.265 e. The van der Waals surface area contributed by atoms with Crippen LogP contribution in [0.2, 0.25) is 0 Å². The van der Waals surface area contributed by atoms with Crippen molar-refractivity contribution < 1.29 is 14.6 Å². The summed E-state index contributed by atoms with van der Waals surface area (Å²) in [5, 5.41) is 11.2. The van der Waals surface area contributed by atoms with Gasteiger partial charge in [0.25, 0.3) is 5.91 Å². The van der Waals surface area contributed by atoms with Crippen molar-refractivity contribution in [2.75, 3.05) is 20.7 Å². The zero-order valence-corrected chi connectivity index (χ0v) is 13.1. The van der Waals surface area contributed by atoms with Crippen molar-refractivity contribution >= 4 is 17.2 Å². The van der Waals surface area contributed by atoms with Crippen LogP contribution < -0.4 is 0 Å². The summed E-state index contributed by atoms with van der Waals surface area (Å²) in [5.41, 5.74) is 0.0237. The predicted molar refractivity (Wildman–Crippen MR) is 77.9 cm³/mol. The van der Waals surface area contributed by atoms with Crippen molar-refractivity contribution in [2.45, 2.75) is 44.8 Å². The summed E-state index contributed by atoms with van der Waals surface area (Å²) < 4.78 is 5.04. The summed E-state index contributed by atoms with van der Waals surface area (Å²) in [4.78, 5) is 19.0. The fourth-order valence-corrected chi connectivity index (χ4v) is 3.75. The second-order valence-electron chi connectivity index (χ2n) is 5.55. The van der Waals surface area contributed by atoms with Crippen LogP contribution >= 0.6 is 11.3 Å². The topological polar surface area (TPSA) is 62.7 Å². The highest BCUT2D eigenvalue weighted by Gasteiger charge is 2.34. The Kier molecular flexibility index (Phi) is 4.78. The van der Waals surface area contributed by atoms with Gasteiger partial charge in [-0.15, -0.1) is 11.3 Å². The molecule has 1 aliphatic rings. The maximum atomic E-state index is 12.5. The first-order valence-corrected chi connectivity index (χ1v) is 7.70. The van der Waals surface area contributed by atoms with Gasteiger partial charge in [-0.1, -0.05) is 12.8 Å². The Labute approximate surface area is 123 Å². The molecular weight excluding hydrogens is 276 g/mol. The number of aryl methyl sites for hydroxylation is 1. The monoisotopic (exact) mass is 298 g/mol. The van der Waals surface area contributed by atoms with Gasteiger partial charge in [0.2, 0.25) is 0 Å². The second-order valence-corrected chi connectivity index (χ2v) is 6.63. The average molecular weight is 298 g/mol. The Hall–Kier alpha value is -0.980. The molecule has 1 aromatic heterocycles. The van der Waals surface area contributed by atoms with E-state index in [4.69, 9.17) is 4.74 Å². The molecule has 6 heteroatoms. The molecule has 0 aliphatic heterocycles. The lowest BCUT2D eigenvalue weighted by atomic mass is 10.0. The van der Waals surface area contributed by atoms with Crippen molar-refractivity contribution in [3.63, 3.8) is 0 Å². The van der Waals surface area contributed by atoms with Gasteiger partial charge in [0.1, 0.15) is 9.88 Å². The maximum absolute atomic E-state index is 12.5. The predicted octanol–water partition coefficient (Wildman–Crippen LogP) is 1.98. The van der Waals surface area contributed by atoms with Crippen LogP contribution in [0.3, 0.4) is 0 Å². The van der Waals surface area contributed by atoms with Crippen molar-refractivity contribution in [2.24, 2.45) is 0 Å². The standard InChI is InChI=1S/C14H22N2O3S/c1-10-12(20-11(15-10)8-19-3)13(17)16(2)9-14(18)6-4-5-7-14/h18H,4-9H2,1-3H3. The highest BCUT2D eigenvalue weighted by Crippen LogP contribution is 2.30. The van der Waals surface area contributed by atoms with Crippen molar-refractivity contribution in [1.82, 2.24) is 9.88 Å². The third-order valence-electron chi connectivity index (χ3n) is 3.72. The molecule has 0 saturated heterocycles. The number of rotatable bonds is 5. The van der Waals surface area contributed by atoms with E-state index in [-0.39, 0.29) is 5.91 Å². The van der Waals surface area contributed by atoms with E-state index in [2.05, 4.69) is 4.98 Å². The zero-order chi connectivity index (χ0) is 14.8. The van der Waals surface area contributed by atoms with Crippen LogP contribution in [0.5, 0.6) is 0 Å². The van der Waals surface area contributed by atoms with E-state index in [9.17, 15) is 9.90 Å². The molecule has 1 N–H and O–H groups in total. The lowest BCUT2D eigenvalue weighted by Gasteiger charge is -2.28. The van der Waals surface area contributed by atoms with Gasteiger partial charge in [-0.2, -0.15) is 0 Å². The highest BCUT2D eigenvalue weighted by molar-refractivity contribution is 7.13. The summed E-state index contributed by atoms with van der Waals surface area (Å²) in [5.74, 6) is -0.0670. The van der Waals surface area contributed by atoms with Crippen LogP contribution in [-0.2, 0) is 11.3 Å². The van der Waals surface area contributed by atoms with Crippen LogP contribution in [0.4, 0.5) is 0 Å². The molecule has 1 amide bonds. The molecule has 0 unspecified atom stereocenters. The number of methoxy groups -OCH3 is 1. The van der Waals surface area contributed by atoms with Gasteiger partial charge < -0.3 is 14.7 Å². The number of likely N-dealkylation sites (N-methyl/N-ethyl adjacent to an activating group) is 1. The van der Waals surface area contributed by atoms with Gasteiger partial charge >= 0.3 is 0 Å². The van der Waals surface area contributed by atoms with E-state index in [1.807, 2.05) is 6.92 Å². The lowest BCUT2D eigenvalue weighted by molar-refractivity contribution is 0.0158. The van der Waals surface area contributed by atoms with Gasteiger partial charge in [-0.05, 0) is 19.8 Å². The Balaban J connectivity index is 2.06. The number of nitrogens with zero attached hydrogens (tertiary/aromatic N) is 2. The highest BCUT2D eigenvalue weighted by atomic mass is 32.1. The Morgan fingerprint density at radius 2 is 2.15 bits per heavy atom. The van der Waals surface area contributed by atoms with Crippen LogP contribution in [0, 0.1) is 6.92 Å². The molecule has 1 fully saturated rings. The third kappa shape index (κ3) is 3.37. The van der Waals surface area contributed by atoms with E-state index < -0.39 is 5.60 Å². The van der Waals surface area contributed by atoms with Crippen LogP contribution in [-0.4, -0.2) is 47.2 Å². The fraction of sp³-hybridized carbons (Fsp3) is 0.714. The van der Waals surface area contributed by atoms with Gasteiger partial charge in [0.05, 0.1) is 17.9 Å². The molecule has 0 radical (unpaired) electrons. The molecule has 2 rings (SSSR count). The van der Waals surface area contributed by atoms with E-state index in [1.54, 1.807) is 19.1 Å². The van der Waals surface area contributed by atoms with Gasteiger partial charge in [-0.3, -0.25) is 4.79 Å². The molecule has 0 atom stereocenters. The summed E-state index contributed by atoms with van der Waals surface area (Å²) >= 11 is 1.37. The summed E-state index contributed by atoms with van der Waals surface area (Å²) in [6, 6.07) is 0. The summed E-state index contributed by atoms with van der Waals surface area (Å²) in [6.07, 6.45) is 3.63. The molecule has 112 valence electrons. The number of carbonyl (C=O) groups is 1. The molecule has 1 aliphatic carbocycles. The molecule has 1 heterocycles. The molecular formula is C14H22N2O3S. The largest absolute Gasteiger partial charge is 0.388 e. The van der Waals surface area contributed by atoms with Crippen LogP contribution in [0.25, 0.3) is 0 Å². The minimum atomic E-state index is -0.710. The number of hydrogen-bond donors (Lipinski definition) is 1. The van der Waals surface area contributed by atoms with Crippen molar-refractivity contribution in [3.8, 4) is 0 Å². The quantitative estimate of drug-likeness (QED) is 0.903. The number of thiazole rings is 1. The SMILES string of the molecule is COCc1nc(C)c(C(=O)N(C)CC2(O)CCCC2)s1. The zero-order valence-electron chi connectivity index (χ0n) is 12.3. The van der Waals surface area contributed by atoms with Crippen molar-refractivity contribution in [3.05, 3.63) is 15.6 Å². The Morgan fingerprint density at radius 1 is 1.50 bits per heavy atom. The fourth-order valence-electron chi connectivity index (χ4n) is 2.71. The van der Waals surface area contributed by atoms with E-state index >= 15 is 0 Å². The molecule has 0 bridgehead atoms. The van der Waals surface area contributed by atoms with Crippen molar-refractivity contribution in [1.29, 1.82) is 0 Å². The number of carbonyl (C=O) groups excluding carboxylic acids is 1. The van der Waals surface area contributed by atoms with Crippen LogP contribution in [0.1, 0.15) is 46.1 Å². The van der Waals surface area contributed by atoms with Crippen LogP contribution in [0.15, 0.2) is 0 Å². The first-order valence-electron chi connectivity index (χ1n) is 6.88. The number of amides is 1. The minimum Gasteiger partial charge on any atom is -0.388 e. The molecule has 0 aromatic carbocycles. The van der Waals surface area contributed by atoms with E-state index in [1.165, 1.54) is 11.3 Å². The average Bonchev–Trinajstić information content (AvgIpc) is 2.95. The van der Waals surface area contributed by atoms with E-state index in [0.717, 1.165) is 36.4 Å². The number of hydrogen-bond acceptors (Lipinski definition) is 5. The third-order valence-corrected chi connectivity index (χ3v) is 4.83. The molecule has 20 heavy (non-hydrogen) atoms. The van der Waals surface area contributed by atoms with Gasteiger partial charge in [0.15, 0.2) is 0 Å². The second kappa shape index (κ2) is 6.20. The Morgan fingerprint density at radius 3 is 2.75 bits per heavy atom. The minimum absolute atomic E-state index is 0.0670. The molecule has 1 aromatic rings. The maximum Gasteiger partial charge on any atom is 0.265 e. The molecule has 0 spiro atoms. The number of aliphatic hydroxyl groups is 1. The summed E-state index contributed by atoms with van der Waals surface area (Å²) in [7, 11) is 3.35.